The fraction of sp³-hybridized carbons (Fsp3) is 0.182. The van der Waals surface area contributed by atoms with E-state index in [0.29, 0.717) is 5.56 Å². The van der Waals surface area contributed by atoms with Crippen LogP contribution in [0.2, 0.25) is 0 Å². The molecule has 6 heteroatoms. The fourth-order valence-corrected chi connectivity index (χ4v) is 1.74. The first kappa shape index (κ1) is 13.6. The summed E-state index contributed by atoms with van der Waals surface area (Å²) >= 11 is -0.171. The summed E-state index contributed by atoms with van der Waals surface area (Å²) in [5.41, 5.74) is 1.23. The van der Waals surface area contributed by atoms with Crippen LogP contribution >= 0.6 is 11.8 Å². The van der Waals surface area contributed by atoms with Gasteiger partial charge < -0.3 is 5.73 Å². The zero-order valence-electron chi connectivity index (χ0n) is 8.70. The number of thioether (sulfide) groups is 1. The molecule has 0 bridgehead atoms. The number of carbonyl (C=O) groups excluding carboxylic acids is 1. The predicted molar refractivity (Wildman–Crippen MR) is 61.2 cm³/mol. The second-order valence-electron chi connectivity index (χ2n) is 3.19. The van der Waals surface area contributed by atoms with Crippen LogP contribution in [0.1, 0.15) is 12.0 Å². The minimum atomic E-state index is -4.30. The Kier molecular flexibility index (Phi) is 4.62. The van der Waals surface area contributed by atoms with E-state index in [9.17, 15) is 18.0 Å². The lowest BCUT2D eigenvalue weighted by molar-refractivity contribution is -0.117. The number of rotatable bonds is 4. The van der Waals surface area contributed by atoms with Crippen LogP contribution in [0.3, 0.4) is 0 Å². The van der Waals surface area contributed by atoms with Crippen LogP contribution in [-0.4, -0.2) is 11.4 Å². The van der Waals surface area contributed by atoms with Gasteiger partial charge >= 0.3 is 5.51 Å². The molecule has 0 aliphatic rings. The smallest absolute Gasteiger partial charge is 0.369 e. The first-order valence-electron chi connectivity index (χ1n) is 4.67. The first-order chi connectivity index (χ1) is 7.87. The van der Waals surface area contributed by atoms with E-state index in [2.05, 4.69) is 0 Å². The molecule has 0 unspecified atom stereocenters. The molecule has 1 aromatic rings. The summed E-state index contributed by atoms with van der Waals surface area (Å²) < 4.78 is 36.3. The van der Waals surface area contributed by atoms with Gasteiger partial charge in [0, 0.05) is 11.3 Å². The van der Waals surface area contributed by atoms with Gasteiger partial charge in [0.15, 0.2) is 0 Å². The molecule has 2 N–H and O–H groups in total. The van der Waals surface area contributed by atoms with Gasteiger partial charge in [-0.2, -0.15) is 13.2 Å². The third-order valence-corrected chi connectivity index (χ3v) is 2.44. The van der Waals surface area contributed by atoms with E-state index in [1.165, 1.54) is 24.3 Å². The number of hydrogen-bond donors (Lipinski definition) is 1. The second-order valence-corrected chi connectivity index (χ2v) is 4.33. The minimum absolute atomic E-state index is 0.0661. The lowest BCUT2D eigenvalue weighted by atomic mass is 10.2. The average Bonchev–Trinajstić information content (AvgIpc) is 2.14. The Morgan fingerprint density at radius 3 is 2.71 bits per heavy atom. The van der Waals surface area contributed by atoms with Gasteiger partial charge in [-0.1, -0.05) is 24.3 Å². The van der Waals surface area contributed by atoms with Crippen molar-refractivity contribution >= 4 is 23.7 Å². The number of hydrogen-bond acceptors (Lipinski definition) is 2. The molecule has 0 heterocycles. The lowest BCUT2D eigenvalue weighted by Gasteiger charge is -2.05. The lowest BCUT2D eigenvalue weighted by Crippen LogP contribution is -2.07. The maximum Gasteiger partial charge on any atom is 0.446 e. The minimum Gasteiger partial charge on any atom is -0.369 e. The Morgan fingerprint density at radius 2 is 2.12 bits per heavy atom. The van der Waals surface area contributed by atoms with E-state index in [1.54, 1.807) is 12.1 Å². The topological polar surface area (TPSA) is 43.1 Å². The van der Waals surface area contributed by atoms with Crippen molar-refractivity contribution in [1.29, 1.82) is 0 Å². The normalized spacial score (nSPS) is 11.9. The molecule has 0 aliphatic heterocycles. The van der Waals surface area contributed by atoms with Crippen LogP contribution in [0.15, 0.2) is 35.2 Å². The van der Waals surface area contributed by atoms with Crippen molar-refractivity contribution in [1.82, 2.24) is 0 Å². The Morgan fingerprint density at radius 1 is 1.41 bits per heavy atom. The van der Waals surface area contributed by atoms with Crippen molar-refractivity contribution in [2.24, 2.45) is 5.73 Å². The van der Waals surface area contributed by atoms with Crippen LogP contribution in [0.4, 0.5) is 13.2 Å². The third kappa shape index (κ3) is 6.01. The van der Waals surface area contributed by atoms with Gasteiger partial charge in [0.2, 0.25) is 5.91 Å². The van der Waals surface area contributed by atoms with Crippen molar-refractivity contribution in [2.45, 2.75) is 16.8 Å². The third-order valence-electron chi connectivity index (χ3n) is 1.72. The first-order valence-corrected chi connectivity index (χ1v) is 5.49. The number of primary amides is 1. The van der Waals surface area contributed by atoms with Gasteiger partial charge in [-0.15, -0.1) is 0 Å². The molecular weight excluding hydrogens is 251 g/mol. The predicted octanol–water partition coefficient (Wildman–Crippen LogP) is 3.19. The van der Waals surface area contributed by atoms with Crippen molar-refractivity contribution in [2.75, 3.05) is 0 Å². The molecular formula is C11H10F3NOS. The van der Waals surface area contributed by atoms with Crippen LogP contribution in [0.5, 0.6) is 0 Å². The number of carbonyl (C=O) groups is 1. The average molecular weight is 261 g/mol. The maximum atomic E-state index is 12.1. The number of alkyl halides is 3. The molecule has 17 heavy (non-hydrogen) atoms. The van der Waals surface area contributed by atoms with Crippen LogP contribution < -0.4 is 5.73 Å². The number of halogens is 3. The summed E-state index contributed by atoms with van der Waals surface area (Å²) in [6.45, 7) is 0. The zero-order chi connectivity index (χ0) is 12.9. The molecule has 92 valence electrons. The highest BCUT2D eigenvalue weighted by Gasteiger charge is 2.29. The Hall–Kier alpha value is -1.43. The van der Waals surface area contributed by atoms with E-state index in [-0.39, 0.29) is 23.1 Å². The summed E-state index contributed by atoms with van der Waals surface area (Å²) in [5, 5.41) is 0. The van der Waals surface area contributed by atoms with E-state index in [1.807, 2.05) is 0 Å². The fourth-order valence-electron chi connectivity index (χ4n) is 1.13. The van der Waals surface area contributed by atoms with E-state index < -0.39 is 11.4 Å². The molecule has 1 aromatic carbocycles. The molecule has 2 nitrogen and oxygen atoms in total. The molecule has 0 saturated carbocycles. The summed E-state index contributed by atoms with van der Waals surface area (Å²) in [5.74, 6) is -0.484. The maximum absolute atomic E-state index is 12.1. The van der Waals surface area contributed by atoms with E-state index in [0.717, 1.165) is 0 Å². The molecule has 0 aromatic heterocycles. The zero-order valence-corrected chi connectivity index (χ0v) is 9.52. The molecule has 1 rings (SSSR count). The summed E-state index contributed by atoms with van der Waals surface area (Å²) in [4.78, 5) is 10.6. The van der Waals surface area contributed by atoms with Crippen molar-refractivity contribution < 1.29 is 18.0 Å². The van der Waals surface area contributed by atoms with Crippen molar-refractivity contribution in [3.8, 4) is 0 Å². The van der Waals surface area contributed by atoms with Gasteiger partial charge in [0.05, 0.1) is 0 Å². The van der Waals surface area contributed by atoms with Crippen LogP contribution in [0.25, 0.3) is 6.08 Å². The molecule has 0 atom stereocenters. The summed E-state index contributed by atoms with van der Waals surface area (Å²) in [7, 11) is 0. The molecule has 0 radical (unpaired) electrons. The van der Waals surface area contributed by atoms with Crippen molar-refractivity contribution in [3.05, 3.63) is 35.9 Å². The van der Waals surface area contributed by atoms with Gasteiger partial charge in [-0.3, -0.25) is 4.79 Å². The molecule has 0 aliphatic carbocycles. The van der Waals surface area contributed by atoms with Crippen molar-refractivity contribution in [3.63, 3.8) is 0 Å². The Balaban J connectivity index is 2.72. The highest BCUT2D eigenvalue weighted by Crippen LogP contribution is 2.36. The highest BCUT2D eigenvalue weighted by molar-refractivity contribution is 8.00. The second kappa shape index (κ2) is 5.77. The Labute approximate surface area is 101 Å². The van der Waals surface area contributed by atoms with Gasteiger partial charge in [0.1, 0.15) is 0 Å². The van der Waals surface area contributed by atoms with Gasteiger partial charge in [-0.25, -0.2) is 0 Å². The monoisotopic (exact) mass is 261 g/mol. The number of amides is 1. The number of benzene rings is 1. The van der Waals surface area contributed by atoms with Crippen LogP contribution in [0, 0.1) is 0 Å². The molecule has 0 fully saturated rings. The largest absolute Gasteiger partial charge is 0.446 e. The Bertz CT molecular complexity index is 429. The SMILES string of the molecule is NC(=O)CC=Cc1cccc(SC(F)(F)F)c1. The van der Waals surface area contributed by atoms with Gasteiger partial charge in [-0.05, 0) is 29.5 Å². The van der Waals surface area contributed by atoms with Crippen LogP contribution in [-0.2, 0) is 4.79 Å². The van der Waals surface area contributed by atoms with E-state index in [4.69, 9.17) is 5.73 Å². The highest BCUT2D eigenvalue weighted by atomic mass is 32.2. The molecule has 1 amide bonds. The van der Waals surface area contributed by atoms with E-state index >= 15 is 0 Å². The quantitative estimate of drug-likeness (QED) is 0.846. The number of nitrogens with two attached hydrogens (primary N) is 1. The van der Waals surface area contributed by atoms with Gasteiger partial charge in [0.25, 0.3) is 0 Å². The molecule has 0 spiro atoms. The summed E-state index contributed by atoms with van der Waals surface area (Å²) in [6, 6.07) is 5.95. The standard InChI is InChI=1S/C11H10F3NOS/c12-11(13,14)17-9-5-1-3-8(7-9)4-2-6-10(15)16/h1-5,7H,6H2,(H2,15,16). The molecule has 0 saturated heterocycles. The summed E-state index contributed by atoms with van der Waals surface area (Å²) in [6.07, 6.45) is 3.14.